The molecule has 0 aliphatic rings. The van der Waals surface area contributed by atoms with Gasteiger partial charge in [0.2, 0.25) is 0 Å². The lowest BCUT2D eigenvalue weighted by Crippen LogP contribution is -2.24. The van der Waals surface area contributed by atoms with Gasteiger partial charge in [0, 0.05) is 29.4 Å². The van der Waals surface area contributed by atoms with Crippen LogP contribution in [0.5, 0.6) is 0 Å². The third-order valence-corrected chi connectivity index (χ3v) is 3.67. The first-order valence-corrected chi connectivity index (χ1v) is 6.95. The lowest BCUT2D eigenvalue weighted by Gasteiger charge is -2.16. The summed E-state index contributed by atoms with van der Waals surface area (Å²) in [7, 11) is 0. The van der Waals surface area contributed by atoms with Gasteiger partial charge < -0.3 is 10.3 Å². The average molecular weight is 249 g/mol. The second-order valence-corrected chi connectivity index (χ2v) is 5.16. The maximum absolute atomic E-state index is 4.53. The first kappa shape index (κ1) is 12.3. The van der Waals surface area contributed by atoms with Gasteiger partial charge >= 0.3 is 0 Å². The molecule has 2 N–H and O–H groups in total. The van der Waals surface area contributed by atoms with Crippen molar-refractivity contribution in [2.24, 2.45) is 0 Å². The van der Waals surface area contributed by atoms with E-state index in [-0.39, 0.29) is 0 Å². The van der Waals surface area contributed by atoms with E-state index in [0.717, 1.165) is 25.1 Å². The van der Waals surface area contributed by atoms with Crippen molar-refractivity contribution >= 4 is 11.3 Å². The molecule has 0 spiro atoms. The third kappa shape index (κ3) is 3.41. The summed E-state index contributed by atoms with van der Waals surface area (Å²) in [4.78, 5) is 7.82. The Balaban J connectivity index is 2.05. The largest absolute Gasteiger partial charge is 0.364 e. The zero-order valence-corrected chi connectivity index (χ0v) is 11.2. The Bertz CT molecular complexity index is 433. The predicted octanol–water partition coefficient (Wildman–Crippen LogP) is 3.06. The van der Waals surface area contributed by atoms with E-state index in [1.807, 2.05) is 19.2 Å². The maximum atomic E-state index is 4.53. The summed E-state index contributed by atoms with van der Waals surface area (Å²) < 4.78 is 0. The molecule has 2 aromatic heterocycles. The lowest BCUT2D eigenvalue weighted by molar-refractivity contribution is 0.519. The molecule has 1 atom stereocenters. The zero-order valence-electron chi connectivity index (χ0n) is 10.4. The Morgan fingerprint density at radius 3 is 3.00 bits per heavy atom. The molecule has 0 aliphatic heterocycles. The highest BCUT2D eigenvalue weighted by Gasteiger charge is 2.13. The highest BCUT2D eigenvalue weighted by atomic mass is 32.1. The number of aromatic amines is 1. The molecule has 4 heteroatoms. The van der Waals surface area contributed by atoms with Crippen molar-refractivity contribution in [3.8, 4) is 0 Å². The fourth-order valence-electron chi connectivity index (χ4n) is 1.84. The van der Waals surface area contributed by atoms with Crippen LogP contribution in [0.3, 0.4) is 0 Å². The van der Waals surface area contributed by atoms with Gasteiger partial charge in [-0.25, -0.2) is 4.98 Å². The number of thiazole rings is 1. The molecular formula is C13H19N3S. The van der Waals surface area contributed by atoms with E-state index in [4.69, 9.17) is 0 Å². The molecule has 0 bridgehead atoms. The molecule has 0 saturated heterocycles. The Morgan fingerprint density at radius 2 is 2.41 bits per heavy atom. The number of hydrogen-bond donors (Lipinski definition) is 2. The second-order valence-electron chi connectivity index (χ2n) is 4.22. The Morgan fingerprint density at radius 1 is 1.53 bits per heavy atom. The standard InChI is InChI=1S/C13H19N3S/c1-3-6-14-12(11-5-4-7-15-11)8-13-16-10(2)9-17-13/h4-5,7,9,12,14-15H,3,6,8H2,1-2H3. The van der Waals surface area contributed by atoms with E-state index < -0.39 is 0 Å². The normalized spacial score (nSPS) is 12.8. The van der Waals surface area contributed by atoms with Crippen LogP contribution in [0.2, 0.25) is 0 Å². The summed E-state index contributed by atoms with van der Waals surface area (Å²) in [5.74, 6) is 0. The van der Waals surface area contributed by atoms with Gasteiger partial charge in [0.05, 0.1) is 11.0 Å². The van der Waals surface area contributed by atoms with Crippen molar-refractivity contribution in [3.63, 3.8) is 0 Å². The molecule has 2 aromatic rings. The van der Waals surface area contributed by atoms with Crippen LogP contribution in [0.15, 0.2) is 23.7 Å². The number of nitrogens with one attached hydrogen (secondary N) is 2. The lowest BCUT2D eigenvalue weighted by atomic mass is 10.1. The van der Waals surface area contributed by atoms with Crippen LogP contribution in [0.4, 0.5) is 0 Å². The minimum Gasteiger partial charge on any atom is -0.364 e. The average Bonchev–Trinajstić information content (AvgIpc) is 2.95. The minimum atomic E-state index is 0.343. The Kier molecular flexibility index (Phi) is 4.34. The monoisotopic (exact) mass is 249 g/mol. The highest BCUT2D eigenvalue weighted by Crippen LogP contribution is 2.19. The molecule has 0 aromatic carbocycles. The van der Waals surface area contributed by atoms with Crippen LogP contribution < -0.4 is 5.32 Å². The van der Waals surface area contributed by atoms with Gasteiger partial charge in [-0.1, -0.05) is 6.92 Å². The molecule has 0 fully saturated rings. The van der Waals surface area contributed by atoms with E-state index in [9.17, 15) is 0 Å². The van der Waals surface area contributed by atoms with Crippen LogP contribution in [0.25, 0.3) is 0 Å². The number of aryl methyl sites for hydroxylation is 1. The number of nitrogens with zero attached hydrogens (tertiary/aromatic N) is 1. The first-order valence-electron chi connectivity index (χ1n) is 6.07. The van der Waals surface area contributed by atoms with Gasteiger partial charge in [-0.05, 0) is 32.0 Å². The highest BCUT2D eigenvalue weighted by molar-refractivity contribution is 7.09. The van der Waals surface area contributed by atoms with Gasteiger partial charge in [0.25, 0.3) is 0 Å². The van der Waals surface area contributed by atoms with E-state index in [0.29, 0.717) is 6.04 Å². The molecule has 0 radical (unpaired) electrons. The molecule has 92 valence electrons. The van der Waals surface area contributed by atoms with Crippen LogP contribution in [0, 0.1) is 6.92 Å². The van der Waals surface area contributed by atoms with Crippen LogP contribution in [-0.2, 0) is 6.42 Å². The van der Waals surface area contributed by atoms with E-state index in [1.54, 1.807) is 11.3 Å². The molecule has 1 unspecified atom stereocenters. The summed E-state index contributed by atoms with van der Waals surface area (Å²) in [6.45, 7) is 5.27. The maximum Gasteiger partial charge on any atom is 0.0947 e. The molecule has 0 amide bonds. The summed E-state index contributed by atoms with van der Waals surface area (Å²) in [5.41, 5.74) is 2.36. The fourth-order valence-corrected chi connectivity index (χ4v) is 2.66. The quantitative estimate of drug-likeness (QED) is 0.826. The SMILES string of the molecule is CCCNC(Cc1nc(C)cs1)c1ccc[nH]1. The topological polar surface area (TPSA) is 40.7 Å². The van der Waals surface area contributed by atoms with Crippen LogP contribution in [-0.4, -0.2) is 16.5 Å². The molecular weight excluding hydrogens is 230 g/mol. The molecule has 0 saturated carbocycles. The van der Waals surface area contributed by atoms with Crippen molar-refractivity contribution in [2.45, 2.75) is 32.7 Å². The summed E-state index contributed by atoms with van der Waals surface area (Å²) in [5, 5.41) is 6.88. The number of hydrogen-bond acceptors (Lipinski definition) is 3. The summed E-state index contributed by atoms with van der Waals surface area (Å²) in [6.07, 6.45) is 4.08. The van der Waals surface area contributed by atoms with Crippen molar-refractivity contribution in [1.82, 2.24) is 15.3 Å². The Labute approximate surface area is 106 Å². The molecule has 0 aliphatic carbocycles. The zero-order chi connectivity index (χ0) is 12.1. The number of H-pyrrole nitrogens is 1. The van der Waals surface area contributed by atoms with Crippen molar-refractivity contribution in [2.75, 3.05) is 6.54 Å². The van der Waals surface area contributed by atoms with E-state index in [2.05, 4.69) is 33.7 Å². The van der Waals surface area contributed by atoms with Gasteiger partial charge in [-0.2, -0.15) is 0 Å². The minimum absolute atomic E-state index is 0.343. The van der Waals surface area contributed by atoms with Gasteiger partial charge in [-0.3, -0.25) is 0 Å². The van der Waals surface area contributed by atoms with E-state index in [1.165, 1.54) is 10.7 Å². The molecule has 17 heavy (non-hydrogen) atoms. The van der Waals surface area contributed by atoms with Crippen LogP contribution in [0.1, 0.15) is 35.8 Å². The summed E-state index contributed by atoms with van der Waals surface area (Å²) >= 11 is 1.74. The van der Waals surface area contributed by atoms with Gasteiger partial charge in [0.15, 0.2) is 0 Å². The van der Waals surface area contributed by atoms with Crippen LogP contribution >= 0.6 is 11.3 Å². The summed E-state index contributed by atoms with van der Waals surface area (Å²) in [6, 6.07) is 4.52. The van der Waals surface area contributed by atoms with Gasteiger partial charge in [-0.15, -0.1) is 11.3 Å². The van der Waals surface area contributed by atoms with Gasteiger partial charge in [0.1, 0.15) is 0 Å². The number of aromatic nitrogens is 2. The molecule has 3 nitrogen and oxygen atoms in total. The second kappa shape index (κ2) is 5.98. The van der Waals surface area contributed by atoms with E-state index >= 15 is 0 Å². The number of rotatable bonds is 6. The van der Waals surface area contributed by atoms with Crippen molar-refractivity contribution < 1.29 is 0 Å². The Hall–Kier alpha value is -1.13. The molecule has 2 rings (SSSR count). The third-order valence-electron chi connectivity index (χ3n) is 2.68. The van der Waals surface area contributed by atoms with Crippen molar-refractivity contribution in [3.05, 3.63) is 40.1 Å². The fraction of sp³-hybridized carbons (Fsp3) is 0.462. The van der Waals surface area contributed by atoms with Crippen molar-refractivity contribution in [1.29, 1.82) is 0 Å². The first-order chi connectivity index (χ1) is 8.29. The molecule has 2 heterocycles. The smallest absolute Gasteiger partial charge is 0.0947 e. The predicted molar refractivity (Wildman–Crippen MR) is 72.4 cm³/mol.